The fraction of sp³-hybridized carbons (Fsp3) is 0.364. The number of amidine groups is 1. The standard InChI is InChI=1S/C11H14N2O3/c1-2-15-10-5-7(3-4-9(10)14)8-6-16-11(12)13-8/h3-5,8,14H,2,6H2,1H3,(H2,12,13). The summed E-state index contributed by atoms with van der Waals surface area (Å²) < 4.78 is 10.4. The molecule has 0 spiro atoms. The van der Waals surface area contributed by atoms with E-state index in [2.05, 4.69) is 4.99 Å². The molecule has 5 nitrogen and oxygen atoms in total. The van der Waals surface area contributed by atoms with Crippen LogP contribution in [-0.4, -0.2) is 24.3 Å². The Labute approximate surface area is 93.5 Å². The van der Waals surface area contributed by atoms with E-state index in [0.717, 1.165) is 5.56 Å². The predicted molar refractivity (Wildman–Crippen MR) is 59.6 cm³/mol. The van der Waals surface area contributed by atoms with Crippen molar-refractivity contribution in [3.63, 3.8) is 0 Å². The van der Waals surface area contributed by atoms with Gasteiger partial charge in [-0.1, -0.05) is 6.07 Å². The number of aromatic hydroxyl groups is 1. The number of ether oxygens (including phenoxy) is 2. The largest absolute Gasteiger partial charge is 0.504 e. The van der Waals surface area contributed by atoms with Crippen LogP contribution in [0.4, 0.5) is 0 Å². The molecular weight excluding hydrogens is 208 g/mol. The highest BCUT2D eigenvalue weighted by Crippen LogP contribution is 2.31. The maximum Gasteiger partial charge on any atom is 0.282 e. The van der Waals surface area contributed by atoms with E-state index >= 15 is 0 Å². The van der Waals surface area contributed by atoms with E-state index in [0.29, 0.717) is 19.0 Å². The quantitative estimate of drug-likeness (QED) is 0.805. The fourth-order valence-electron chi connectivity index (χ4n) is 1.57. The van der Waals surface area contributed by atoms with Gasteiger partial charge in [0, 0.05) is 0 Å². The lowest BCUT2D eigenvalue weighted by Crippen LogP contribution is -2.10. The van der Waals surface area contributed by atoms with Gasteiger partial charge in [0.25, 0.3) is 6.02 Å². The van der Waals surface area contributed by atoms with E-state index in [9.17, 15) is 5.11 Å². The summed E-state index contributed by atoms with van der Waals surface area (Å²) >= 11 is 0. The number of phenolic OH excluding ortho intramolecular Hbond substituents is 1. The molecule has 1 unspecified atom stereocenters. The second-order valence-corrected chi connectivity index (χ2v) is 3.45. The van der Waals surface area contributed by atoms with Crippen LogP contribution in [0.15, 0.2) is 23.2 Å². The zero-order valence-corrected chi connectivity index (χ0v) is 9.01. The van der Waals surface area contributed by atoms with Gasteiger partial charge in [0.05, 0.1) is 6.61 Å². The molecule has 1 aromatic carbocycles. The highest BCUT2D eigenvalue weighted by molar-refractivity contribution is 5.73. The van der Waals surface area contributed by atoms with Crippen molar-refractivity contribution < 1.29 is 14.6 Å². The first-order chi connectivity index (χ1) is 7.70. The normalized spacial score (nSPS) is 19.1. The van der Waals surface area contributed by atoms with Crippen LogP contribution >= 0.6 is 0 Å². The molecule has 0 fully saturated rings. The topological polar surface area (TPSA) is 77.1 Å². The first-order valence-electron chi connectivity index (χ1n) is 5.12. The van der Waals surface area contributed by atoms with Gasteiger partial charge in [0.2, 0.25) is 0 Å². The summed E-state index contributed by atoms with van der Waals surface area (Å²) in [6, 6.07) is 5.23. The van der Waals surface area contributed by atoms with Crippen LogP contribution in [0.1, 0.15) is 18.5 Å². The SMILES string of the molecule is CCOc1cc(C2COC(N)=N2)ccc1O. The van der Waals surface area contributed by atoms with Crippen molar-refractivity contribution in [1.82, 2.24) is 0 Å². The van der Waals surface area contributed by atoms with E-state index < -0.39 is 0 Å². The third kappa shape index (κ3) is 2.03. The van der Waals surface area contributed by atoms with Gasteiger partial charge in [0.15, 0.2) is 11.5 Å². The Morgan fingerprint density at radius 2 is 2.44 bits per heavy atom. The van der Waals surface area contributed by atoms with Crippen LogP contribution in [0, 0.1) is 0 Å². The minimum atomic E-state index is -0.111. The zero-order valence-electron chi connectivity index (χ0n) is 9.01. The van der Waals surface area contributed by atoms with Gasteiger partial charge in [0.1, 0.15) is 12.6 Å². The third-order valence-corrected chi connectivity index (χ3v) is 2.34. The highest BCUT2D eigenvalue weighted by Gasteiger charge is 2.19. The summed E-state index contributed by atoms with van der Waals surface area (Å²) in [6.45, 7) is 2.80. The molecule has 1 atom stereocenters. The number of hydrogen-bond acceptors (Lipinski definition) is 5. The number of benzene rings is 1. The van der Waals surface area contributed by atoms with Crippen molar-refractivity contribution in [1.29, 1.82) is 0 Å². The number of rotatable bonds is 3. The summed E-state index contributed by atoms with van der Waals surface area (Å²) in [4.78, 5) is 4.12. The Morgan fingerprint density at radius 1 is 1.62 bits per heavy atom. The minimum absolute atomic E-state index is 0.111. The lowest BCUT2D eigenvalue weighted by Gasteiger charge is -2.10. The van der Waals surface area contributed by atoms with E-state index in [1.165, 1.54) is 0 Å². The number of hydrogen-bond donors (Lipinski definition) is 2. The van der Waals surface area contributed by atoms with Crippen LogP contribution < -0.4 is 10.5 Å². The van der Waals surface area contributed by atoms with Gasteiger partial charge in [-0.2, -0.15) is 0 Å². The van der Waals surface area contributed by atoms with Crippen molar-refractivity contribution in [2.45, 2.75) is 13.0 Å². The molecule has 3 N–H and O–H groups in total. The molecule has 0 bridgehead atoms. The molecule has 0 radical (unpaired) electrons. The van der Waals surface area contributed by atoms with Crippen molar-refractivity contribution in [2.75, 3.05) is 13.2 Å². The molecule has 1 aliphatic rings. The Balaban J connectivity index is 2.25. The molecule has 0 amide bonds. The maximum absolute atomic E-state index is 9.54. The van der Waals surface area contributed by atoms with Gasteiger partial charge in [-0.05, 0) is 24.6 Å². The van der Waals surface area contributed by atoms with Crippen LogP contribution in [0.25, 0.3) is 0 Å². The van der Waals surface area contributed by atoms with Crippen molar-refractivity contribution in [2.24, 2.45) is 10.7 Å². The zero-order chi connectivity index (χ0) is 11.5. The number of nitrogens with two attached hydrogens (primary N) is 1. The molecular formula is C11H14N2O3. The number of nitrogens with zero attached hydrogens (tertiary/aromatic N) is 1. The summed E-state index contributed by atoms with van der Waals surface area (Å²) in [5.41, 5.74) is 6.35. The Bertz CT molecular complexity index is 418. The molecule has 0 saturated heterocycles. The van der Waals surface area contributed by atoms with E-state index in [1.54, 1.807) is 18.2 Å². The van der Waals surface area contributed by atoms with Crippen LogP contribution in [0.5, 0.6) is 11.5 Å². The molecule has 0 saturated carbocycles. The van der Waals surface area contributed by atoms with Gasteiger partial charge in [-0.3, -0.25) is 0 Å². The molecule has 86 valence electrons. The van der Waals surface area contributed by atoms with Crippen molar-refractivity contribution >= 4 is 6.02 Å². The molecule has 1 heterocycles. The third-order valence-electron chi connectivity index (χ3n) is 2.34. The van der Waals surface area contributed by atoms with Gasteiger partial charge >= 0.3 is 0 Å². The molecule has 16 heavy (non-hydrogen) atoms. The molecule has 0 aliphatic carbocycles. The van der Waals surface area contributed by atoms with E-state index in [-0.39, 0.29) is 17.8 Å². The van der Waals surface area contributed by atoms with E-state index in [4.69, 9.17) is 15.2 Å². The molecule has 1 aromatic rings. The molecule has 5 heteroatoms. The Kier molecular flexibility index (Phi) is 2.85. The second kappa shape index (κ2) is 4.30. The molecule has 0 aromatic heterocycles. The average Bonchev–Trinajstić information content (AvgIpc) is 2.69. The highest BCUT2D eigenvalue weighted by atomic mass is 16.5. The van der Waals surface area contributed by atoms with Crippen molar-refractivity contribution in [3.05, 3.63) is 23.8 Å². The van der Waals surface area contributed by atoms with Gasteiger partial charge in [-0.15, -0.1) is 0 Å². The predicted octanol–water partition coefficient (Wildman–Crippen LogP) is 1.18. The van der Waals surface area contributed by atoms with Crippen molar-refractivity contribution in [3.8, 4) is 11.5 Å². The maximum atomic E-state index is 9.54. The van der Waals surface area contributed by atoms with Crippen LogP contribution in [0.3, 0.4) is 0 Å². The summed E-state index contributed by atoms with van der Waals surface area (Å²) in [5.74, 6) is 0.585. The molecule has 2 rings (SSSR count). The summed E-state index contributed by atoms with van der Waals surface area (Å²) in [6.07, 6.45) is 0. The smallest absolute Gasteiger partial charge is 0.282 e. The Morgan fingerprint density at radius 3 is 3.06 bits per heavy atom. The molecule has 1 aliphatic heterocycles. The van der Waals surface area contributed by atoms with Crippen LogP contribution in [-0.2, 0) is 4.74 Å². The van der Waals surface area contributed by atoms with E-state index in [1.807, 2.05) is 6.92 Å². The van der Waals surface area contributed by atoms with Crippen LogP contribution in [0.2, 0.25) is 0 Å². The second-order valence-electron chi connectivity index (χ2n) is 3.45. The minimum Gasteiger partial charge on any atom is -0.504 e. The average molecular weight is 222 g/mol. The summed E-state index contributed by atoms with van der Waals surface area (Å²) in [5, 5.41) is 9.54. The lowest BCUT2D eigenvalue weighted by molar-refractivity contribution is 0.309. The van der Waals surface area contributed by atoms with Gasteiger partial charge < -0.3 is 20.3 Å². The number of phenols is 1. The van der Waals surface area contributed by atoms with Gasteiger partial charge in [-0.25, -0.2) is 4.99 Å². The Hall–Kier alpha value is -1.91. The summed E-state index contributed by atoms with van der Waals surface area (Å²) in [7, 11) is 0. The first kappa shape index (κ1) is 10.6. The lowest BCUT2D eigenvalue weighted by atomic mass is 10.1. The first-order valence-corrected chi connectivity index (χ1v) is 5.12. The monoisotopic (exact) mass is 222 g/mol. The number of aliphatic imine (C=N–C) groups is 1. The fourth-order valence-corrected chi connectivity index (χ4v) is 1.57.